The number of aromatic amines is 2. The van der Waals surface area contributed by atoms with Gasteiger partial charge in [0.15, 0.2) is 11.4 Å². The van der Waals surface area contributed by atoms with Crippen molar-refractivity contribution in [3.05, 3.63) is 91.4 Å². The van der Waals surface area contributed by atoms with Gasteiger partial charge in [-0.3, -0.25) is 29.3 Å². The minimum Gasteiger partial charge on any atom is -0.506 e. The molecule has 35 heavy (non-hydrogen) atoms. The first-order valence-corrected chi connectivity index (χ1v) is 10.7. The zero-order chi connectivity index (χ0) is 24.9. The third-order valence-electron chi connectivity index (χ3n) is 6.05. The predicted molar refractivity (Wildman–Crippen MR) is 131 cm³/mol. The summed E-state index contributed by atoms with van der Waals surface area (Å²) in [5.74, 6) is -0.294. The van der Waals surface area contributed by atoms with Crippen LogP contribution in [0, 0.1) is 6.92 Å². The Balaban J connectivity index is 1.68. The quantitative estimate of drug-likeness (QED) is 0.346. The van der Waals surface area contributed by atoms with Gasteiger partial charge in [-0.1, -0.05) is 30.3 Å². The largest absolute Gasteiger partial charge is 0.506 e. The molecule has 3 aromatic heterocycles. The topological polar surface area (TPSA) is 143 Å². The molecule has 0 atom stereocenters. The van der Waals surface area contributed by atoms with E-state index in [9.17, 15) is 19.5 Å². The van der Waals surface area contributed by atoms with Crippen LogP contribution in [0.2, 0.25) is 0 Å². The molecule has 2 aromatic carbocycles. The highest BCUT2D eigenvalue weighted by Gasteiger charge is 2.23. The fourth-order valence-electron chi connectivity index (χ4n) is 4.10. The van der Waals surface area contributed by atoms with Crippen molar-refractivity contribution in [3.8, 4) is 22.7 Å². The number of aryl methyl sites for hydroxylation is 1. The number of fused-ring (bicyclic) bond motifs is 1. The highest BCUT2D eigenvalue weighted by Crippen LogP contribution is 2.35. The summed E-state index contributed by atoms with van der Waals surface area (Å²) in [5, 5.41) is 24.5. The van der Waals surface area contributed by atoms with Crippen molar-refractivity contribution in [1.82, 2.24) is 24.1 Å². The number of H-pyrrole nitrogens is 2. The SMILES string of the molecule is Cc1c(N=Nc2c(-c3c(O)c4ccccc4n(C)c3=O)[nH][nH]c2=O)c(=O)n(-c2ccccc2)n1C. The maximum atomic E-state index is 13.1. The van der Waals surface area contributed by atoms with Gasteiger partial charge in [0.1, 0.15) is 17.0 Å². The van der Waals surface area contributed by atoms with Gasteiger partial charge in [0.25, 0.3) is 16.7 Å². The number of aromatic hydroxyl groups is 1. The summed E-state index contributed by atoms with van der Waals surface area (Å²) in [5.41, 5.74) is -0.260. The van der Waals surface area contributed by atoms with E-state index in [1.54, 1.807) is 62.1 Å². The van der Waals surface area contributed by atoms with E-state index in [4.69, 9.17) is 0 Å². The van der Waals surface area contributed by atoms with Crippen molar-refractivity contribution in [3.63, 3.8) is 0 Å². The average Bonchev–Trinajstić information content (AvgIpc) is 3.32. The van der Waals surface area contributed by atoms with Gasteiger partial charge in [-0.15, -0.1) is 10.2 Å². The molecule has 0 saturated heterocycles. The molecule has 176 valence electrons. The molecule has 5 rings (SSSR count). The molecular weight excluding hydrogens is 450 g/mol. The molecule has 0 spiro atoms. The van der Waals surface area contributed by atoms with Gasteiger partial charge in [-0.25, -0.2) is 4.68 Å². The van der Waals surface area contributed by atoms with E-state index in [1.165, 1.54) is 9.25 Å². The van der Waals surface area contributed by atoms with Crippen LogP contribution in [0.5, 0.6) is 5.75 Å². The number of hydrogen-bond donors (Lipinski definition) is 3. The molecule has 0 aliphatic heterocycles. The van der Waals surface area contributed by atoms with Crippen molar-refractivity contribution < 1.29 is 5.11 Å². The second kappa shape index (κ2) is 8.13. The first-order valence-electron chi connectivity index (χ1n) is 10.7. The standard InChI is InChI=1S/C24H21N7O4/c1-13-18(24(35)31(30(13)3)14-9-5-4-6-10-14)25-27-20-19(26-28-22(20)33)17-21(32)15-11-7-8-12-16(15)29(2)23(17)34/h4-12,32H,1-3H3,(H2,26,28,33). The van der Waals surface area contributed by atoms with Gasteiger partial charge >= 0.3 is 0 Å². The molecule has 0 unspecified atom stereocenters. The molecule has 0 radical (unpaired) electrons. The van der Waals surface area contributed by atoms with Crippen molar-refractivity contribution in [1.29, 1.82) is 0 Å². The van der Waals surface area contributed by atoms with Crippen LogP contribution in [0.4, 0.5) is 11.4 Å². The number of rotatable bonds is 4. The van der Waals surface area contributed by atoms with Crippen LogP contribution in [0.3, 0.4) is 0 Å². The summed E-state index contributed by atoms with van der Waals surface area (Å²) >= 11 is 0. The average molecular weight is 471 g/mol. The van der Waals surface area contributed by atoms with Crippen LogP contribution in [0.15, 0.2) is 79.2 Å². The summed E-state index contributed by atoms with van der Waals surface area (Å²) in [6.45, 7) is 1.71. The Hall–Kier alpha value is -4.93. The Labute approximate surface area is 197 Å². The number of pyridine rings is 1. The van der Waals surface area contributed by atoms with Crippen molar-refractivity contribution in [2.75, 3.05) is 0 Å². The van der Waals surface area contributed by atoms with Crippen LogP contribution in [0.25, 0.3) is 27.8 Å². The second-order valence-electron chi connectivity index (χ2n) is 8.02. The number of nitrogens with one attached hydrogen (secondary N) is 2. The molecule has 11 heteroatoms. The third kappa shape index (κ3) is 3.32. The fourth-order valence-corrected chi connectivity index (χ4v) is 4.10. The summed E-state index contributed by atoms with van der Waals surface area (Å²) in [4.78, 5) is 38.8. The zero-order valence-electron chi connectivity index (χ0n) is 19.1. The molecule has 0 aliphatic rings. The Kier molecular flexibility index (Phi) is 5.09. The first-order chi connectivity index (χ1) is 16.8. The number of nitrogens with zero attached hydrogens (tertiary/aromatic N) is 5. The minimum atomic E-state index is -0.657. The molecule has 3 N–H and O–H groups in total. The molecular formula is C24H21N7O4. The number of aromatic nitrogens is 5. The minimum absolute atomic E-state index is 0.0282. The van der Waals surface area contributed by atoms with Gasteiger partial charge in [0.2, 0.25) is 0 Å². The van der Waals surface area contributed by atoms with E-state index < -0.39 is 16.7 Å². The summed E-state index contributed by atoms with van der Waals surface area (Å²) in [6, 6.07) is 15.9. The summed E-state index contributed by atoms with van der Waals surface area (Å²) < 4.78 is 4.45. The van der Waals surface area contributed by atoms with Gasteiger partial charge < -0.3 is 9.67 Å². The second-order valence-corrected chi connectivity index (χ2v) is 8.02. The normalized spacial score (nSPS) is 11.6. The summed E-state index contributed by atoms with van der Waals surface area (Å²) in [6.07, 6.45) is 0. The number of para-hydroxylation sites is 2. The lowest BCUT2D eigenvalue weighted by Crippen LogP contribution is -2.19. The lowest BCUT2D eigenvalue weighted by molar-refractivity contribution is 0.481. The Morgan fingerprint density at radius 1 is 0.829 bits per heavy atom. The number of hydrogen-bond acceptors (Lipinski definition) is 6. The van der Waals surface area contributed by atoms with Crippen molar-refractivity contribution in [2.45, 2.75) is 6.92 Å². The summed E-state index contributed by atoms with van der Waals surface area (Å²) in [7, 11) is 3.28. The molecule has 11 nitrogen and oxygen atoms in total. The molecule has 3 heterocycles. The van der Waals surface area contributed by atoms with Crippen LogP contribution in [-0.4, -0.2) is 29.2 Å². The molecule has 0 amide bonds. The smallest absolute Gasteiger partial charge is 0.299 e. The first kappa shape index (κ1) is 21.9. The van der Waals surface area contributed by atoms with E-state index in [0.717, 1.165) is 0 Å². The Morgan fingerprint density at radius 3 is 2.23 bits per heavy atom. The zero-order valence-corrected chi connectivity index (χ0v) is 19.1. The van der Waals surface area contributed by atoms with Crippen molar-refractivity contribution >= 4 is 22.3 Å². The third-order valence-corrected chi connectivity index (χ3v) is 6.05. The molecule has 5 aromatic rings. The number of benzene rings is 2. The van der Waals surface area contributed by atoms with Crippen LogP contribution in [0.1, 0.15) is 5.69 Å². The molecule has 0 saturated carbocycles. The van der Waals surface area contributed by atoms with E-state index in [1.807, 2.05) is 18.2 Å². The van der Waals surface area contributed by atoms with Crippen molar-refractivity contribution in [2.24, 2.45) is 24.3 Å². The van der Waals surface area contributed by atoms with E-state index >= 15 is 0 Å². The number of azo groups is 1. The predicted octanol–water partition coefficient (Wildman–Crippen LogP) is 3.14. The Morgan fingerprint density at radius 2 is 1.49 bits per heavy atom. The molecule has 0 bridgehead atoms. The van der Waals surface area contributed by atoms with Crippen LogP contribution < -0.4 is 16.7 Å². The van der Waals surface area contributed by atoms with E-state index in [2.05, 4.69) is 20.4 Å². The molecule has 0 fully saturated rings. The molecule has 0 aliphatic carbocycles. The van der Waals surface area contributed by atoms with E-state index in [-0.39, 0.29) is 28.4 Å². The van der Waals surface area contributed by atoms with Crippen LogP contribution in [-0.2, 0) is 14.1 Å². The van der Waals surface area contributed by atoms with Gasteiger partial charge in [-0.05, 0) is 31.2 Å². The van der Waals surface area contributed by atoms with Gasteiger partial charge in [0, 0.05) is 19.5 Å². The maximum Gasteiger partial charge on any atom is 0.299 e. The Bertz CT molecular complexity index is 1800. The van der Waals surface area contributed by atoms with E-state index in [0.29, 0.717) is 22.3 Å². The monoisotopic (exact) mass is 471 g/mol. The van der Waals surface area contributed by atoms with Crippen LogP contribution >= 0.6 is 0 Å². The maximum absolute atomic E-state index is 13.1. The fraction of sp³-hybridized carbons (Fsp3) is 0.125. The highest BCUT2D eigenvalue weighted by atomic mass is 16.3. The lowest BCUT2D eigenvalue weighted by Gasteiger charge is -2.10. The highest BCUT2D eigenvalue weighted by molar-refractivity contribution is 5.93. The van der Waals surface area contributed by atoms with Gasteiger partial charge in [-0.2, -0.15) is 0 Å². The van der Waals surface area contributed by atoms with Gasteiger partial charge in [0.05, 0.1) is 16.9 Å². The lowest BCUT2D eigenvalue weighted by atomic mass is 10.1.